The van der Waals surface area contributed by atoms with Gasteiger partial charge < -0.3 is 10.6 Å². The molecule has 1 fully saturated rings. The van der Waals surface area contributed by atoms with E-state index in [4.69, 9.17) is 0 Å². The molecule has 2 unspecified atom stereocenters. The van der Waals surface area contributed by atoms with Crippen molar-refractivity contribution < 1.29 is 27.6 Å². The molecule has 2 amide bonds. The maximum absolute atomic E-state index is 14.3. The molecule has 2 aromatic carbocycles. The van der Waals surface area contributed by atoms with E-state index in [1.807, 2.05) is 95.3 Å². The summed E-state index contributed by atoms with van der Waals surface area (Å²) in [6.07, 6.45) is 3.26. The molecule has 1 aliphatic rings. The van der Waals surface area contributed by atoms with Crippen molar-refractivity contribution >= 4 is 33.2 Å². The zero-order valence-corrected chi connectivity index (χ0v) is 34.2. The summed E-state index contributed by atoms with van der Waals surface area (Å²) in [4.78, 5) is 56.2. The van der Waals surface area contributed by atoms with Crippen LogP contribution in [0.25, 0.3) is 0 Å². The molecule has 1 aromatic heterocycles. The highest BCUT2D eigenvalue weighted by molar-refractivity contribution is 7.91. The normalized spacial score (nSPS) is 16.0. The summed E-state index contributed by atoms with van der Waals surface area (Å²) >= 11 is 0. The monoisotopic (exact) mass is 760 g/mol. The SMILES string of the molecule is Cc1nn(C)c(C)c1S(=O)(=O)C[C@@H](CCc1ccccc1)C(=O)N[C@@H](CC(C)C)C(=O)CC(Cc1ccccc1)C(=O)NC(CC(C)C)C(=O)C1(C)CC1. The molecule has 1 saturated carbocycles. The number of rotatable bonds is 21. The van der Waals surface area contributed by atoms with Crippen LogP contribution in [0.5, 0.6) is 0 Å². The lowest BCUT2D eigenvalue weighted by atomic mass is 9.87. The van der Waals surface area contributed by atoms with Crippen molar-refractivity contribution in [2.45, 2.75) is 117 Å². The number of ketones is 2. The first-order valence-corrected chi connectivity index (χ1v) is 21.0. The molecule has 1 heterocycles. The van der Waals surface area contributed by atoms with E-state index in [9.17, 15) is 27.6 Å². The molecule has 0 saturated heterocycles. The zero-order valence-electron chi connectivity index (χ0n) is 33.4. The van der Waals surface area contributed by atoms with E-state index in [0.717, 1.165) is 24.0 Å². The van der Waals surface area contributed by atoms with Crippen LogP contribution in [0.4, 0.5) is 0 Å². The highest BCUT2D eigenvalue weighted by atomic mass is 32.2. The Hall–Kier alpha value is -4.12. The largest absolute Gasteiger partial charge is 0.346 e. The fourth-order valence-electron chi connectivity index (χ4n) is 7.25. The summed E-state index contributed by atoms with van der Waals surface area (Å²) < 4.78 is 29.3. The summed E-state index contributed by atoms with van der Waals surface area (Å²) in [7, 11) is -2.25. The number of amides is 2. The molecule has 10 nitrogen and oxygen atoms in total. The van der Waals surface area contributed by atoms with Crippen LogP contribution in [0.1, 0.15) is 95.7 Å². The molecule has 294 valence electrons. The van der Waals surface area contributed by atoms with Crippen LogP contribution in [0.3, 0.4) is 0 Å². The Balaban J connectivity index is 1.60. The molecule has 0 spiro atoms. The predicted molar refractivity (Wildman–Crippen MR) is 211 cm³/mol. The van der Waals surface area contributed by atoms with Crippen molar-refractivity contribution in [1.82, 2.24) is 20.4 Å². The van der Waals surface area contributed by atoms with Crippen LogP contribution in [0.15, 0.2) is 65.6 Å². The molecule has 3 aromatic rings. The van der Waals surface area contributed by atoms with Gasteiger partial charge in [-0.15, -0.1) is 0 Å². The highest BCUT2D eigenvalue weighted by Crippen LogP contribution is 2.47. The molecule has 54 heavy (non-hydrogen) atoms. The van der Waals surface area contributed by atoms with Crippen molar-refractivity contribution in [3.05, 3.63) is 83.2 Å². The number of Topliss-reactive ketones (excluding diaryl/α,β-unsaturated/α-hetero) is 2. The summed E-state index contributed by atoms with van der Waals surface area (Å²) in [6, 6.07) is 17.4. The van der Waals surface area contributed by atoms with E-state index in [-0.39, 0.29) is 53.5 Å². The Morgan fingerprint density at radius 2 is 1.31 bits per heavy atom. The summed E-state index contributed by atoms with van der Waals surface area (Å²) in [5.74, 6) is -3.14. The molecule has 11 heteroatoms. The lowest BCUT2D eigenvalue weighted by Gasteiger charge is -2.27. The number of nitrogens with one attached hydrogen (secondary N) is 2. The van der Waals surface area contributed by atoms with Crippen LogP contribution in [-0.4, -0.2) is 59.4 Å². The van der Waals surface area contributed by atoms with Crippen LogP contribution < -0.4 is 10.6 Å². The van der Waals surface area contributed by atoms with Crippen molar-refractivity contribution in [3.63, 3.8) is 0 Å². The zero-order chi connectivity index (χ0) is 39.8. The Kier molecular flexibility index (Phi) is 14.6. The third kappa shape index (κ3) is 11.7. The van der Waals surface area contributed by atoms with Crippen molar-refractivity contribution in [2.75, 3.05) is 5.75 Å². The number of aryl methyl sites for hydroxylation is 3. The van der Waals surface area contributed by atoms with Gasteiger partial charge in [-0.1, -0.05) is 95.3 Å². The molecule has 4 rings (SSSR count). The molecule has 1 aliphatic carbocycles. The minimum Gasteiger partial charge on any atom is -0.346 e. The minimum absolute atomic E-state index is 0.0140. The predicted octanol–water partition coefficient (Wildman–Crippen LogP) is 6.31. The number of benzene rings is 2. The van der Waals surface area contributed by atoms with Crippen LogP contribution in [0, 0.1) is 42.9 Å². The van der Waals surface area contributed by atoms with Gasteiger partial charge in [0.25, 0.3) is 0 Å². The highest BCUT2D eigenvalue weighted by Gasteiger charge is 2.48. The molecule has 0 bridgehead atoms. The van der Waals surface area contributed by atoms with Gasteiger partial charge in [0.1, 0.15) is 4.90 Å². The fourth-order valence-corrected chi connectivity index (χ4v) is 9.34. The molecule has 0 radical (unpaired) electrons. The number of hydrogen-bond donors (Lipinski definition) is 2. The Morgan fingerprint density at radius 1 is 0.796 bits per heavy atom. The first-order valence-electron chi connectivity index (χ1n) is 19.4. The van der Waals surface area contributed by atoms with Crippen molar-refractivity contribution in [1.29, 1.82) is 0 Å². The van der Waals surface area contributed by atoms with E-state index in [1.165, 1.54) is 4.68 Å². The lowest BCUT2D eigenvalue weighted by molar-refractivity contribution is -0.135. The maximum Gasteiger partial charge on any atom is 0.224 e. The van der Waals surface area contributed by atoms with Crippen LogP contribution in [-0.2, 0) is 48.9 Å². The topological polar surface area (TPSA) is 144 Å². The smallest absolute Gasteiger partial charge is 0.224 e. The maximum atomic E-state index is 14.3. The van der Waals surface area contributed by atoms with Gasteiger partial charge in [-0.05, 0) is 81.8 Å². The first kappa shape index (κ1) is 42.6. The van der Waals surface area contributed by atoms with Crippen LogP contribution in [0.2, 0.25) is 0 Å². The third-order valence-electron chi connectivity index (χ3n) is 10.7. The standard InChI is InChI=1S/C43H60N4O6S/c1-28(2)23-36(44-41(50)34(20-19-32-15-11-9-12-16-32)27-54(52,53)39-30(5)46-47(8)31(39)6)38(48)26-35(25-33-17-13-10-14-18-33)42(51)45-37(24-29(3)4)40(49)43(7)21-22-43/h9-18,28-29,34-37H,19-27H2,1-8H3,(H,44,50)(H,45,51)/t34-,35?,36+,37?/m1/s1. The number of nitrogens with zero attached hydrogens (tertiary/aromatic N) is 2. The number of carbonyl (C=O) groups excluding carboxylic acids is 4. The van der Waals surface area contributed by atoms with Gasteiger partial charge >= 0.3 is 0 Å². The Morgan fingerprint density at radius 3 is 1.83 bits per heavy atom. The number of hydrogen-bond acceptors (Lipinski definition) is 7. The second kappa shape index (κ2) is 18.5. The second-order valence-corrected chi connectivity index (χ2v) is 18.5. The van der Waals surface area contributed by atoms with E-state index in [0.29, 0.717) is 30.7 Å². The average molecular weight is 761 g/mol. The van der Waals surface area contributed by atoms with Gasteiger partial charge in [0.05, 0.1) is 35.1 Å². The van der Waals surface area contributed by atoms with E-state index < -0.39 is 50.8 Å². The van der Waals surface area contributed by atoms with E-state index in [2.05, 4.69) is 15.7 Å². The third-order valence-corrected chi connectivity index (χ3v) is 12.7. The van der Waals surface area contributed by atoms with Crippen LogP contribution >= 0.6 is 0 Å². The van der Waals surface area contributed by atoms with Gasteiger partial charge in [0, 0.05) is 24.8 Å². The van der Waals surface area contributed by atoms with E-state index in [1.54, 1.807) is 20.9 Å². The summed E-state index contributed by atoms with van der Waals surface area (Å²) in [6.45, 7) is 13.2. The van der Waals surface area contributed by atoms with E-state index >= 15 is 0 Å². The van der Waals surface area contributed by atoms with Crippen molar-refractivity contribution in [2.24, 2.45) is 36.1 Å². The molecular formula is C43H60N4O6S. The van der Waals surface area contributed by atoms with Gasteiger partial charge in [0.2, 0.25) is 11.8 Å². The average Bonchev–Trinajstić information content (AvgIpc) is 3.80. The first-order chi connectivity index (χ1) is 25.4. The number of sulfone groups is 1. The minimum atomic E-state index is -3.94. The number of carbonyl (C=O) groups is 4. The molecular weight excluding hydrogens is 701 g/mol. The Labute approximate surface area is 322 Å². The molecule has 0 aliphatic heterocycles. The van der Waals surface area contributed by atoms with Crippen molar-refractivity contribution in [3.8, 4) is 0 Å². The Bertz CT molecular complexity index is 1870. The molecule has 2 N–H and O–H groups in total. The quantitative estimate of drug-likeness (QED) is 0.130. The lowest BCUT2D eigenvalue weighted by Crippen LogP contribution is -2.49. The van der Waals surface area contributed by atoms with Gasteiger partial charge in [-0.2, -0.15) is 5.10 Å². The second-order valence-electron chi connectivity index (χ2n) is 16.5. The van der Waals surface area contributed by atoms with Gasteiger partial charge in [0.15, 0.2) is 21.4 Å². The van der Waals surface area contributed by atoms with Gasteiger partial charge in [-0.3, -0.25) is 23.9 Å². The molecule has 4 atom stereocenters. The van der Waals surface area contributed by atoms with Gasteiger partial charge in [-0.25, -0.2) is 8.42 Å². The summed E-state index contributed by atoms with van der Waals surface area (Å²) in [5.41, 5.74) is 2.28. The summed E-state index contributed by atoms with van der Waals surface area (Å²) in [5, 5.41) is 10.3. The number of aromatic nitrogens is 2. The fraction of sp³-hybridized carbons (Fsp3) is 0.558.